The van der Waals surface area contributed by atoms with Crippen LogP contribution in [0.1, 0.15) is 19.0 Å². The summed E-state index contributed by atoms with van der Waals surface area (Å²) < 4.78 is -0.893. The highest BCUT2D eigenvalue weighted by atomic mass is 35.5. The Hall–Kier alpha value is -1.14. The Kier molecular flexibility index (Phi) is 4.76. The lowest BCUT2D eigenvalue weighted by Crippen LogP contribution is -2.50. The molecule has 138 valence electrons. The number of alkyl halides is 2. The molecule has 26 heavy (non-hydrogen) atoms. The van der Waals surface area contributed by atoms with Gasteiger partial charge in [0.1, 0.15) is 9.34 Å². The molecule has 1 unspecified atom stereocenters. The highest BCUT2D eigenvalue weighted by Gasteiger charge is 2.68. The van der Waals surface area contributed by atoms with Crippen LogP contribution in [-0.4, -0.2) is 51.2 Å². The van der Waals surface area contributed by atoms with Crippen LogP contribution in [0.4, 0.5) is 0 Å². The van der Waals surface area contributed by atoms with Gasteiger partial charge in [0.2, 0.25) is 5.91 Å². The molecule has 7 heteroatoms. The van der Waals surface area contributed by atoms with Crippen LogP contribution in [0.25, 0.3) is 10.6 Å². The van der Waals surface area contributed by atoms with Crippen LogP contribution < -0.4 is 0 Å². The van der Waals surface area contributed by atoms with E-state index in [-0.39, 0.29) is 5.91 Å². The van der Waals surface area contributed by atoms with Crippen LogP contribution in [0, 0.1) is 5.41 Å². The molecule has 0 radical (unpaired) electrons. The van der Waals surface area contributed by atoms with Crippen LogP contribution in [0.5, 0.6) is 0 Å². The maximum absolute atomic E-state index is 12.7. The molecule has 0 bridgehead atoms. The van der Waals surface area contributed by atoms with Gasteiger partial charge in [0, 0.05) is 43.7 Å². The quantitative estimate of drug-likeness (QED) is 0.714. The van der Waals surface area contributed by atoms with E-state index in [1.165, 1.54) is 0 Å². The van der Waals surface area contributed by atoms with Gasteiger partial charge >= 0.3 is 0 Å². The Morgan fingerprint density at radius 2 is 1.85 bits per heavy atom. The number of piperazine rings is 1. The smallest absolute Gasteiger partial charge is 0.231 e. The molecule has 4 nitrogen and oxygen atoms in total. The summed E-state index contributed by atoms with van der Waals surface area (Å²) in [6.07, 6.45) is 0.545. The van der Waals surface area contributed by atoms with Gasteiger partial charge in [-0.1, -0.05) is 30.3 Å². The number of hydrogen-bond acceptors (Lipinski definition) is 4. The summed E-state index contributed by atoms with van der Waals surface area (Å²) in [5.41, 5.74) is 1.63. The molecule has 2 fully saturated rings. The lowest BCUT2D eigenvalue weighted by Gasteiger charge is -2.36. The molecule has 1 aliphatic carbocycles. The summed E-state index contributed by atoms with van der Waals surface area (Å²) in [7, 11) is 0. The maximum Gasteiger partial charge on any atom is 0.231 e. The van der Waals surface area contributed by atoms with Gasteiger partial charge in [0.25, 0.3) is 0 Å². The van der Waals surface area contributed by atoms with Crippen molar-refractivity contribution < 1.29 is 4.79 Å². The molecule has 1 aromatic carbocycles. The average molecular weight is 410 g/mol. The number of benzene rings is 1. The second-order valence-electron chi connectivity index (χ2n) is 7.29. The predicted octanol–water partition coefficient (Wildman–Crippen LogP) is 4.04. The standard InChI is InChI=1S/C19H21Cl2N3OS/c1-18(13-19(18,20)21)17(25)24-9-7-23(8-10-24)11-15-12-26-16(22-15)14-5-3-2-4-6-14/h2-6,12H,7-11,13H2,1H3. The molecule has 1 aliphatic heterocycles. The first-order valence-electron chi connectivity index (χ1n) is 8.78. The van der Waals surface area contributed by atoms with Crippen molar-refractivity contribution in [3.05, 3.63) is 41.4 Å². The molecule has 4 rings (SSSR count). The Bertz CT molecular complexity index is 802. The lowest BCUT2D eigenvalue weighted by molar-refractivity contribution is -0.138. The number of aromatic nitrogens is 1. The fraction of sp³-hybridized carbons (Fsp3) is 0.474. The minimum absolute atomic E-state index is 0.0853. The summed E-state index contributed by atoms with van der Waals surface area (Å²) >= 11 is 14.0. The molecule has 1 aromatic heterocycles. The fourth-order valence-electron chi connectivity index (χ4n) is 3.41. The van der Waals surface area contributed by atoms with Gasteiger partial charge in [-0.3, -0.25) is 9.69 Å². The normalized spacial score (nSPS) is 25.3. The van der Waals surface area contributed by atoms with E-state index < -0.39 is 9.75 Å². The van der Waals surface area contributed by atoms with Gasteiger partial charge in [0.05, 0.1) is 11.1 Å². The van der Waals surface area contributed by atoms with Crippen LogP contribution in [0.2, 0.25) is 0 Å². The van der Waals surface area contributed by atoms with Crippen LogP contribution in [0.3, 0.4) is 0 Å². The molecule has 2 aliphatic rings. The molecule has 2 aromatic rings. The van der Waals surface area contributed by atoms with E-state index in [1.807, 2.05) is 30.0 Å². The number of rotatable bonds is 4. The summed E-state index contributed by atoms with van der Waals surface area (Å²) in [5, 5.41) is 3.18. The first-order chi connectivity index (χ1) is 12.4. The zero-order valence-corrected chi connectivity index (χ0v) is 16.9. The third-order valence-corrected chi connectivity index (χ3v) is 7.39. The minimum atomic E-state index is -0.893. The average Bonchev–Trinajstić information content (AvgIpc) is 2.98. The number of thiazole rings is 1. The second kappa shape index (κ2) is 6.79. The van der Waals surface area contributed by atoms with Crippen molar-refractivity contribution in [1.82, 2.24) is 14.8 Å². The molecule has 2 heterocycles. The summed E-state index contributed by atoms with van der Waals surface area (Å²) in [5.74, 6) is 0.0853. The van der Waals surface area contributed by atoms with E-state index in [2.05, 4.69) is 22.4 Å². The predicted molar refractivity (Wildman–Crippen MR) is 107 cm³/mol. The molecule has 0 N–H and O–H groups in total. The van der Waals surface area contributed by atoms with E-state index in [0.717, 1.165) is 35.9 Å². The van der Waals surface area contributed by atoms with Gasteiger partial charge in [0.15, 0.2) is 0 Å². The number of carbonyl (C=O) groups is 1. The third kappa shape index (κ3) is 3.38. The molecular weight excluding hydrogens is 389 g/mol. The van der Waals surface area contributed by atoms with Crippen molar-refractivity contribution in [2.45, 2.75) is 24.2 Å². The fourth-order valence-corrected chi connectivity index (χ4v) is 4.93. The molecule has 1 amide bonds. The summed E-state index contributed by atoms with van der Waals surface area (Å²) in [6, 6.07) is 10.2. The highest BCUT2D eigenvalue weighted by Crippen LogP contribution is 2.64. The summed E-state index contributed by atoms with van der Waals surface area (Å²) in [4.78, 5) is 21.7. The maximum atomic E-state index is 12.7. The van der Waals surface area contributed by atoms with Crippen molar-refractivity contribution >= 4 is 40.4 Å². The molecular formula is C19H21Cl2N3OS. The number of nitrogens with zero attached hydrogens (tertiary/aromatic N) is 3. The van der Waals surface area contributed by atoms with E-state index >= 15 is 0 Å². The van der Waals surface area contributed by atoms with Gasteiger partial charge in [-0.2, -0.15) is 0 Å². The van der Waals surface area contributed by atoms with Crippen molar-refractivity contribution in [3.8, 4) is 10.6 Å². The van der Waals surface area contributed by atoms with E-state index in [0.29, 0.717) is 19.5 Å². The van der Waals surface area contributed by atoms with E-state index in [9.17, 15) is 4.79 Å². The van der Waals surface area contributed by atoms with Gasteiger partial charge in [-0.15, -0.1) is 34.5 Å². The van der Waals surface area contributed by atoms with Crippen LogP contribution in [0.15, 0.2) is 35.7 Å². The first-order valence-corrected chi connectivity index (χ1v) is 10.4. The van der Waals surface area contributed by atoms with Crippen molar-refractivity contribution in [3.63, 3.8) is 0 Å². The van der Waals surface area contributed by atoms with Crippen LogP contribution in [-0.2, 0) is 11.3 Å². The first kappa shape index (κ1) is 18.2. The zero-order chi connectivity index (χ0) is 18.4. The lowest BCUT2D eigenvalue weighted by atomic mass is 10.1. The number of halogens is 2. The largest absolute Gasteiger partial charge is 0.340 e. The number of carbonyl (C=O) groups excluding carboxylic acids is 1. The van der Waals surface area contributed by atoms with Gasteiger partial charge in [-0.05, 0) is 13.3 Å². The Balaban J connectivity index is 1.32. The Morgan fingerprint density at radius 3 is 2.46 bits per heavy atom. The number of hydrogen-bond donors (Lipinski definition) is 0. The molecule has 1 atom stereocenters. The third-order valence-electron chi connectivity index (χ3n) is 5.35. The van der Waals surface area contributed by atoms with Gasteiger partial charge in [-0.25, -0.2) is 4.98 Å². The second-order valence-corrected chi connectivity index (χ2v) is 9.63. The topological polar surface area (TPSA) is 36.4 Å². The highest BCUT2D eigenvalue weighted by molar-refractivity contribution is 7.13. The Morgan fingerprint density at radius 1 is 1.19 bits per heavy atom. The van der Waals surface area contributed by atoms with Gasteiger partial charge < -0.3 is 4.90 Å². The molecule has 1 saturated heterocycles. The monoisotopic (exact) mass is 409 g/mol. The summed E-state index contributed by atoms with van der Waals surface area (Å²) in [6.45, 7) is 5.80. The Labute approximate surface area is 167 Å². The van der Waals surface area contributed by atoms with Crippen molar-refractivity contribution in [2.75, 3.05) is 26.2 Å². The zero-order valence-electron chi connectivity index (χ0n) is 14.6. The molecule has 0 spiro atoms. The van der Waals surface area contributed by atoms with Crippen LogP contribution >= 0.6 is 34.5 Å². The minimum Gasteiger partial charge on any atom is -0.340 e. The SMILES string of the molecule is CC1(C(=O)N2CCN(Cc3csc(-c4ccccc4)n3)CC2)CC1(Cl)Cl. The van der Waals surface area contributed by atoms with E-state index in [1.54, 1.807) is 11.3 Å². The molecule has 1 saturated carbocycles. The number of amides is 1. The van der Waals surface area contributed by atoms with Crippen molar-refractivity contribution in [2.24, 2.45) is 5.41 Å². The van der Waals surface area contributed by atoms with E-state index in [4.69, 9.17) is 28.2 Å². The van der Waals surface area contributed by atoms with Crippen molar-refractivity contribution in [1.29, 1.82) is 0 Å².